The Bertz CT molecular complexity index is 676. The van der Waals surface area contributed by atoms with E-state index in [1.54, 1.807) is 6.92 Å². The predicted molar refractivity (Wildman–Crippen MR) is 79.7 cm³/mol. The first kappa shape index (κ1) is 16.4. The van der Waals surface area contributed by atoms with Gasteiger partial charge in [-0.1, -0.05) is 23.7 Å². The maximum atomic E-state index is 13.0. The fourth-order valence-electron chi connectivity index (χ4n) is 1.99. The largest absolute Gasteiger partial charge is 0.386 e. The van der Waals surface area contributed by atoms with Crippen LogP contribution in [0.5, 0.6) is 0 Å². The molecule has 0 fully saturated rings. The third-order valence-corrected chi connectivity index (χ3v) is 3.53. The summed E-state index contributed by atoms with van der Waals surface area (Å²) in [7, 11) is 0. The first-order chi connectivity index (χ1) is 10.4. The van der Waals surface area contributed by atoms with Crippen molar-refractivity contribution in [3.8, 4) is 0 Å². The number of carbonyl (C=O) groups excluding carboxylic acids is 1. The summed E-state index contributed by atoms with van der Waals surface area (Å²) in [5.41, 5.74) is 0.584. The predicted octanol–water partition coefficient (Wildman–Crippen LogP) is 3.47. The van der Waals surface area contributed by atoms with Gasteiger partial charge in [-0.05, 0) is 42.8 Å². The lowest BCUT2D eigenvalue weighted by Gasteiger charge is -2.21. The number of hydrogen-bond donors (Lipinski definition) is 2. The van der Waals surface area contributed by atoms with Gasteiger partial charge in [-0.2, -0.15) is 0 Å². The van der Waals surface area contributed by atoms with E-state index in [9.17, 15) is 18.7 Å². The van der Waals surface area contributed by atoms with E-state index in [1.807, 2.05) is 0 Å². The molecule has 6 heteroatoms. The minimum Gasteiger partial charge on any atom is -0.386 e. The second-order valence-electron chi connectivity index (χ2n) is 4.88. The van der Waals surface area contributed by atoms with E-state index in [-0.39, 0.29) is 10.6 Å². The highest BCUT2D eigenvalue weighted by molar-refractivity contribution is 6.33. The second kappa shape index (κ2) is 6.85. The zero-order valence-corrected chi connectivity index (χ0v) is 12.4. The van der Waals surface area contributed by atoms with Gasteiger partial charge < -0.3 is 10.4 Å². The molecule has 2 atom stereocenters. The molecule has 2 N–H and O–H groups in total. The molecule has 2 rings (SSSR count). The summed E-state index contributed by atoms with van der Waals surface area (Å²) >= 11 is 5.82. The van der Waals surface area contributed by atoms with Crippen LogP contribution < -0.4 is 5.32 Å². The van der Waals surface area contributed by atoms with Crippen LogP contribution in [-0.4, -0.2) is 17.1 Å². The Kier molecular flexibility index (Phi) is 5.11. The molecule has 0 bridgehead atoms. The summed E-state index contributed by atoms with van der Waals surface area (Å²) in [5, 5.41) is 12.7. The Labute approximate surface area is 131 Å². The Morgan fingerprint density at radius 1 is 1.14 bits per heavy atom. The molecule has 0 aromatic heterocycles. The number of halogens is 3. The number of benzene rings is 2. The normalized spacial score (nSPS) is 13.5. The van der Waals surface area contributed by atoms with Crippen LogP contribution in [0, 0.1) is 11.6 Å². The van der Waals surface area contributed by atoms with Crippen LogP contribution >= 0.6 is 11.6 Å². The van der Waals surface area contributed by atoms with Gasteiger partial charge in [0.25, 0.3) is 5.91 Å². The lowest BCUT2D eigenvalue weighted by atomic mass is 10.0. The number of nitrogens with one attached hydrogen (secondary N) is 1. The van der Waals surface area contributed by atoms with Crippen molar-refractivity contribution in [3.63, 3.8) is 0 Å². The molecule has 0 aliphatic heterocycles. The van der Waals surface area contributed by atoms with Crippen LogP contribution in [-0.2, 0) is 0 Å². The van der Waals surface area contributed by atoms with Crippen LogP contribution in [0.25, 0.3) is 0 Å². The first-order valence-electron chi connectivity index (χ1n) is 6.58. The van der Waals surface area contributed by atoms with E-state index in [1.165, 1.54) is 30.3 Å². The van der Waals surface area contributed by atoms with Crippen molar-refractivity contribution in [2.75, 3.05) is 0 Å². The topological polar surface area (TPSA) is 49.3 Å². The van der Waals surface area contributed by atoms with Gasteiger partial charge >= 0.3 is 0 Å². The van der Waals surface area contributed by atoms with Crippen molar-refractivity contribution in [2.24, 2.45) is 0 Å². The van der Waals surface area contributed by atoms with Gasteiger partial charge in [0.2, 0.25) is 0 Å². The third-order valence-electron chi connectivity index (χ3n) is 3.22. The average Bonchev–Trinajstić information content (AvgIpc) is 2.47. The Hall–Kier alpha value is -1.98. The minimum absolute atomic E-state index is 0.0130. The van der Waals surface area contributed by atoms with Crippen LogP contribution in [0.15, 0.2) is 42.5 Å². The molecule has 1 amide bonds. The molecule has 0 saturated carbocycles. The third kappa shape index (κ3) is 3.81. The molecule has 2 aromatic rings. The number of hydrogen-bond acceptors (Lipinski definition) is 2. The fraction of sp³-hybridized carbons (Fsp3) is 0.188. The van der Waals surface area contributed by atoms with Gasteiger partial charge in [-0.15, -0.1) is 0 Å². The van der Waals surface area contributed by atoms with Crippen LogP contribution in [0.3, 0.4) is 0 Å². The fourth-order valence-corrected chi connectivity index (χ4v) is 2.24. The quantitative estimate of drug-likeness (QED) is 0.904. The molecule has 0 aliphatic rings. The summed E-state index contributed by atoms with van der Waals surface area (Å²) in [6, 6.07) is 8.12. The number of rotatable bonds is 4. The summed E-state index contributed by atoms with van der Waals surface area (Å²) in [6.45, 7) is 1.60. The van der Waals surface area contributed by atoms with Crippen molar-refractivity contribution in [2.45, 2.75) is 19.1 Å². The van der Waals surface area contributed by atoms with E-state index < -0.39 is 29.7 Å². The van der Waals surface area contributed by atoms with E-state index in [4.69, 9.17) is 11.6 Å². The van der Waals surface area contributed by atoms with Gasteiger partial charge in [0, 0.05) is 0 Å². The number of aliphatic hydroxyl groups is 1. The Balaban J connectivity index is 2.08. The van der Waals surface area contributed by atoms with E-state index in [0.717, 1.165) is 12.1 Å². The molecule has 22 heavy (non-hydrogen) atoms. The van der Waals surface area contributed by atoms with Gasteiger partial charge in [0.05, 0.1) is 22.7 Å². The van der Waals surface area contributed by atoms with Crippen LogP contribution in [0.1, 0.15) is 28.9 Å². The van der Waals surface area contributed by atoms with Gasteiger partial charge in [0.1, 0.15) is 11.6 Å². The van der Waals surface area contributed by atoms with Gasteiger partial charge in [-0.25, -0.2) is 8.78 Å². The Morgan fingerprint density at radius 3 is 2.32 bits per heavy atom. The highest BCUT2D eigenvalue weighted by atomic mass is 35.5. The summed E-state index contributed by atoms with van der Waals surface area (Å²) in [6.07, 6.45) is -1.01. The minimum atomic E-state index is -1.01. The van der Waals surface area contributed by atoms with Gasteiger partial charge in [0.15, 0.2) is 0 Å². The average molecular weight is 326 g/mol. The van der Waals surface area contributed by atoms with Crippen molar-refractivity contribution < 1.29 is 18.7 Å². The molecule has 0 saturated heterocycles. The molecule has 0 heterocycles. The molecule has 0 radical (unpaired) electrons. The van der Waals surface area contributed by atoms with Crippen molar-refractivity contribution in [1.82, 2.24) is 5.32 Å². The molecule has 2 aromatic carbocycles. The second-order valence-corrected chi connectivity index (χ2v) is 5.29. The summed E-state index contributed by atoms with van der Waals surface area (Å²) in [5.74, 6) is -1.48. The van der Waals surface area contributed by atoms with Crippen molar-refractivity contribution in [1.29, 1.82) is 0 Å². The summed E-state index contributed by atoms with van der Waals surface area (Å²) in [4.78, 5) is 12.1. The first-order valence-corrected chi connectivity index (χ1v) is 6.95. The molecule has 0 aliphatic carbocycles. The maximum absolute atomic E-state index is 13.0. The SMILES string of the molecule is CC(NC(=O)c1ccc(F)cc1Cl)C(O)c1ccc(F)cc1. The van der Waals surface area contributed by atoms with E-state index in [0.29, 0.717) is 5.56 Å². The highest BCUT2D eigenvalue weighted by Gasteiger charge is 2.20. The Morgan fingerprint density at radius 2 is 1.73 bits per heavy atom. The van der Waals surface area contributed by atoms with E-state index in [2.05, 4.69) is 5.32 Å². The molecule has 116 valence electrons. The van der Waals surface area contributed by atoms with Crippen molar-refractivity contribution in [3.05, 3.63) is 70.2 Å². The molecule has 3 nitrogen and oxygen atoms in total. The molecule has 0 spiro atoms. The van der Waals surface area contributed by atoms with Crippen molar-refractivity contribution >= 4 is 17.5 Å². The van der Waals surface area contributed by atoms with Gasteiger partial charge in [-0.3, -0.25) is 4.79 Å². The summed E-state index contributed by atoms with van der Waals surface area (Å²) < 4.78 is 25.8. The smallest absolute Gasteiger partial charge is 0.253 e. The number of amides is 1. The molecular weight excluding hydrogens is 312 g/mol. The lowest BCUT2D eigenvalue weighted by Crippen LogP contribution is -2.37. The standard InChI is InChI=1S/C16H14ClF2NO2/c1-9(15(21)10-2-4-11(18)5-3-10)20-16(22)13-7-6-12(19)8-14(13)17/h2-9,15,21H,1H3,(H,20,22). The highest BCUT2D eigenvalue weighted by Crippen LogP contribution is 2.20. The number of carbonyl (C=O) groups is 1. The zero-order chi connectivity index (χ0) is 16.3. The molecule has 2 unspecified atom stereocenters. The molecular formula is C16H14ClF2NO2. The number of aliphatic hydroxyl groups excluding tert-OH is 1. The lowest BCUT2D eigenvalue weighted by molar-refractivity contribution is 0.0852. The zero-order valence-electron chi connectivity index (χ0n) is 11.7. The van der Waals surface area contributed by atoms with Crippen LogP contribution in [0.2, 0.25) is 5.02 Å². The monoisotopic (exact) mass is 325 g/mol. The maximum Gasteiger partial charge on any atom is 0.253 e. The van der Waals surface area contributed by atoms with E-state index >= 15 is 0 Å². The van der Waals surface area contributed by atoms with Crippen LogP contribution in [0.4, 0.5) is 8.78 Å².